The summed E-state index contributed by atoms with van der Waals surface area (Å²) in [5, 5.41) is 0.680. The molecule has 5 heteroatoms. The Morgan fingerprint density at radius 1 is 1.12 bits per heavy atom. The third kappa shape index (κ3) is 2.84. The predicted molar refractivity (Wildman–Crippen MR) is 101 cm³/mol. The molecule has 26 heavy (non-hydrogen) atoms. The Morgan fingerprint density at radius 3 is 2.54 bits per heavy atom. The van der Waals surface area contributed by atoms with Crippen molar-refractivity contribution in [3.63, 3.8) is 0 Å². The Bertz CT molecular complexity index is 1010. The van der Waals surface area contributed by atoms with E-state index in [0.717, 1.165) is 40.7 Å². The van der Waals surface area contributed by atoms with E-state index in [1.165, 1.54) is 12.1 Å². The Morgan fingerprint density at radius 2 is 1.85 bits per heavy atom. The summed E-state index contributed by atoms with van der Waals surface area (Å²) in [6.45, 7) is 3.44. The van der Waals surface area contributed by atoms with Crippen molar-refractivity contribution in [3.8, 4) is 5.69 Å². The average molecular weight is 371 g/mol. The van der Waals surface area contributed by atoms with Gasteiger partial charge < -0.3 is 4.57 Å². The lowest BCUT2D eigenvalue weighted by atomic mass is 10.0. The molecule has 0 saturated carbocycles. The van der Waals surface area contributed by atoms with Gasteiger partial charge in [-0.15, -0.1) is 0 Å². The highest BCUT2D eigenvalue weighted by Gasteiger charge is 2.25. The van der Waals surface area contributed by atoms with Crippen LogP contribution in [0.25, 0.3) is 5.69 Å². The summed E-state index contributed by atoms with van der Waals surface area (Å²) < 4.78 is 29.1. The van der Waals surface area contributed by atoms with Gasteiger partial charge >= 0.3 is 0 Å². The van der Waals surface area contributed by atoms with E-state index in [9.17, 15) is 8.78 Å². The van der Waals surface area contributed by atoms with Gasteiger partial charge in [-0.25, -0.2) is 8.78 Å². The fraction of sp³-hybridized carbons (Fsp3) is 0.190. The quantitative estimate of drug-likeness (QED) is 0.534. The first-order chi connectivity index (χ1) is 12.3. The summed E-state index contributed by atoms with van der Waals surface area (Å²) in [6.07, 6.45) is 1.97. The van der Waals surface area contributed by atoms with Crippen molar-refractivity contribution in [2.24, 2.45) is 4.99 Å². The van der Waals surface area contributed by atoms with Crippen LogP contribution in [-0.4, -0.2) is 10.3 Å². The fourth-order valence-electron chi connectivity index (χ4n) is 3.36. The van der Waals surface area contributed by atoms with Crippen molar-refractivity contribution in [2.45, 2.75) is 26.3 Å². The van der Waals surface area contributed by atoms with Crippen molar-refractivity contribution in [1.82, 2.24) is 4.57 Å². The van der Waals surface area contributed by atoms with Crippen LogP contribution in [0.1, 0.15) is 34.9 Å². The van der Waals surface area contributed by atoms with Crippen LogP contribution in [0.5, 0.6) is 0 Å². The highest BCUT2D eigenvalue weighted by molar-refractivity contribution is 6.30. The minimum absolute atomic E-state index is 0.00299. The molecule has 0 radical (unpaired) electrons. The maximum atomic E-state index is 13.5. The zero-order chi connectivity index (χ0) is 18.5. The first kappa shape index (κ1) is 17.0. The summed E-state index contributed by atoms with van der Waals surface area (Å²) in [7, 11) is 0. The number of aliphatic imine (C=N–C) groups is 1. The number of hydrogen-bond acceptors (Lipinski definition) is 1. The molecule has 2 aromatic carbocycles. The molecule has 1 aliphatic rings. The lowest BCUT2D eigenvalue weighted by Gasteiger charge is -2.14. The number of rotatable bonds is 2. The van der Waals surface area contributed by atoms with E-state index < -0.39 is 5.92 Å². The Labute approximate surface area is 155 Å². The molecule has 1 aromatic heterocycles. The second-order valence-electron chi connectivity index (χ2n) is 6.61. The van der Waals surface area contributed by atoms with Crippen LogP contribution in [0.15, 0.2) is 59.7 Å². The summed E-state index contributed by atoms with van der Waals surface area (Å²) in [5.74, 6) is -2.85. The minimum atomic E-state index is -2.85. The third-order valence-corrected chi connectivity index (χ3v) is 4.94. The standard InChI is InChI=1S/C21H17ClF2N2/c1-13-10-16(22)11-19-17(13)12-25-20(18-4-3-9-26(18)19)14-5-7-15(8-6-14)21(2,23)24/h3-11H,12H2,1-2H3. The molecule has 0 spiro atoms. The Balaban J connectivity index is 1.85. The first-order valence-corrected chi connectivity index (χ1v) is 8.73. The van der Waals surface area contributed by atoms with Crippen LogP contribution < -0.4 is 0 Å². The van der Waals surface area contributed by atoms with Crippen LogP contribution in [-0.2, 0) is 12.5 Å². The summed E-state index contributed by atoms with van der Waals surface area (Å²) >= 11 is 6.26. The highest BCUT2D eigenvalue weighted by atomic mass is 35.5. The maximum Gasteiger partial charge on any atom is 0.270 e. The van der Waals surface area contributed by atoms with Gasteiger partial charge in [0, 0.05) is 34.8 Å². The number of benzene rings is 2. The molecule has 3 aromatic rings. The van der Waals surface area contributed by atoms with Crippen LogP contribution in [0.4, 0.5) is 8.78 Å². The smallest absolute Gasteiger partial charge is 0.270 e. The van der Waals surface area contributed by atoms with E-state index in [-0.39, 0.29) is 5.56 Å². The number of aromatic nitrogens is 1. The lowest BCUT2D eigenvalue weighted by molar-refractivity contribution is 0.0175. The fourth-order valence-corrected chi connectivity index (χ4v) is 3.63. The molecular formula is C21H17ClF2N2. The van der Waals surface area contributed by atoms with Gasteiger partial charge in [0.15, 0.2) is 0 Å². The van der Waals surface area contributed by atoms with E-state index in [2.05, 4.69) is 4.57 Å². The van der Waals surface area contributed by atoms with Gasteiger partial charge in [-0.1, -0.05) is 35.9 Å². The molecule has 0 amide bonds. The second kappa shape index (κ2) is 6.06. The number of halogens is 3. The molecule has 0 saturated heterocycles. The molecule has 0 aliphatic carbocycles. The first-order valence-electron chi connectivity index (χ1n) is 8.35. The van der Waals surface area contributed by atoms with E-state index >= 15 is 0 Å². The molecule has 0 bridgehead atoms. The number of fused-ring (bicyclic) bond motifs is 3. The monoisotopic (exact) mass is 370 g/mol. The maximum absolute atomic E-state index is 13.5. The van der Waals surface area contributed by atoms with Gasteiger partial charge in [0.2, 0.25) is 0 Å². The second-order valence-corrected chi connectivity index (χ2v) is 7.05. The zero-order valence-corrected chi connectivity index (χ0v) is 15.2. The SMILES string of the molecule is Cc1cc(Cl)cc2c1CN=C(c1ccc(C(C)(F)F)cc1)c1cccn1-2. The van der Waals surface area contributed by atoms with Crippen molar-refractivity contribution >= 4 is 17.3 Å². The molecule has 0 fully saturated rings. The van der Waals surface area contributed by atoms with E-state index in [1.54, 1.807) is 12.1 Å². The average Bonchev–Trinajstić information content (AvgIpc) is 2.99. The van der Waals surface area contributed by atoms with Gasteiger partial charge in [-0.3, -0.25) is 4.99 Å². The lowest BCUT2D eigenvalue weighted by Crippen LogP contribution is -2.10. The zero-order valence-electron chi connectivity index (χ0n) is 14.4. The van der Waals surface area contributed by atoms with Crippen LogP contribution in [0.2, 0.25) is 5.02 Å². The third-order valence-electron chi connectivity index (χ3n) is 4.73. The number of hydrogen-bond donors (Lipinski definition) is 0. The molecule has 2 heterocycles. The van der Waals surface area contributed by atoms with E-state index in [1.807, 2.05) is 37.4 Å². The van der Waals surface area contributed by atoms with Crippen LogP contribution in [0, 0.1) is 6.92 Å². The van der Waals surface area contributed by atoms with E-state index in [0.29, 0.717) is 11.6 Å². The number of alkyl halides is 2. The van der Waals surface area contributed by atoms with Crippen LogP contribution >= 0.6 is 11.6 Å². The van der Waals surface area contributed by atoms with Crippen molar-refractivity contribution in [2.75, 3.05) is 0 Å². The molecule has 132 valence electrons. The molecule has 0 atom stereocenters. The Kier molecular flexibility index (Phi) is 3.96. The highest BCUT2D eigenvalue weighted by Crippen LogP contribution is 2.31. The molecule has 4 rings (SSSR count). The Hall–Kier alpha value is -2.46. The topological polar surface area (TPSA) is 17.3 Å². The molecule has 2 nitrogen and oxygen atoms in total. The van der Waals surface area contributed by atoms with Crippen molar-refractivity contribution in [1.29, 1.82) is 0 Å². The predicted octanol–water partition coefficient (Wildman–Crippen LogP) is 5.90. The summed E-state index contributed by atoms with van der Waals surface area (Å²) in [6, 6.07) is 14.1. The number of nitrogens with zero attached hydrogens (tertiary/aromatic N) is 2. The number of aryl methyl sites for hydroxylation is 1. The molecular weight excluding hydrogens is 354 g/mol. The van der Waals surface area contributed by atoms with Crippen molar-refractivity contribution in [3.05, 3.63) is 87.7 Å². The van der Waals surface area contributed by atoms with Gasteiger partial charge in [0.1, 0.15) is 0 Å². The van der Waals surface area contributed by atoms with E-state index in [4.69, 9.17) is 16.6 Å². The molecule has 1 aliphatic heterocycles. The normalized spacial score (nSPS) is 13.7. The minimum Gasteiger partial charge on any atom is -0.315 e. The van der Waals surface area contributed by atoms with Crippen LogP contribution in [0.3, 0.4) is 0 Å². The van der Waals surface area contributed by atoms with Gasteiger partial charge in [0.05, 0.1) is 23.6 Å². The largest absolute Gasteiger partial charge is 0.315 e. The summed E-state index contributed by atoms with van der Waals surface area (Å²) in [5.41, 5.74) is 5.71. The van der Waals surface area contributed by atoms with Gasteiger partial charge in [-0.2, -0.15) is 0 Å². The molecule has 0 N–H and O–H groups in total. The summed E-state index contributed by atoms with van der Waals surface area (Å²) in [4.78, 5) is 4.80. The molecule has 0 unspecified atom stereocenters. The van der Waals surface area contributed by atoms with Gasteiger partial charge in [0.25, 0.3) is 5.92 Å². The van der Waals surface area contributed by atoms with Gasteiger partial charge in [-0.05, 0) is 36.8 Å². The van der Waals surface area contributed by atoms with Crippen molar-refractivity contribution < 1.29 is 8.78 Å².